The molecular formula is C19H18NO2+. The summed E-state index contributed by atoms with van der Waals surface area (Å²) in [7, 11) is 2.03. The highest BCUT2D eigenvalue weighted by molar-refractivity contribution is 5.78. The van der Waals surface area contributed by atoms with Crippen LogP contribution in [0.3, 0.4) is 0 Å². The van der Waals surface area contributed by atoms with E-state index in [-0.39, 0.29) is 11.5 Å². The van der Waals surface area contributed by atoms with Crippen molar-refractivity contribution in [3.63, 3.8) is 0 Å². The van der Waals surface area contributed by atoms with Crippen molar-refractivity contribution in [2.75, 3.05) is 0 Å². The van der Waals surface area contributed by atoms with Crippen LogP contribution in [0.2, 0.25) is 0 Å². The number of hydrogen-bond donors (Lipinski definition) is 2. The van der Waals surface area contributed by atoms with Gasteiger partial charge in [0.2, 0.25) is 11.2 Å². The highest BCUT2D eigenvalue weighted by atomic mass is 16.3. The Labute approximate surface area is 129 Å². The summed E-state index contributed by atoms with van der Waals surface area (Å²) in [5.41, 5.74) is 4.31. The fourth-order valence-corrected chi connectivity index (χ4v) is 2.53. The van der Waals surface area contributed by atoms with Gasteiger partial charge in [0.25, 0.3) is 0 Å². The third-order valence-electron chi connectivity index (χ3n) is 3.81. The highest BCUT2D eigenvalue weighted by Crippen LogP contribution is 2.25. The van der Waals surface area contributed by atoms with Crippen molar-refractivity contribution in [3.05, 3.63) is 65.4 Å². The van der Waals surface area contributed by atoms with Crippen molar-refractivity contribution in [1.29, 1.82) is 0 Å². The van der Waals surface area contributed by atoms with Crippen molar-refractivity contribution >= 4 is 23.1 Å². The normalized spacial score (nSPS) is 11.4. The number of aromatic hydroxyl groups is 2. The molecule has 0 fully saturated rings. The molecule has 0 saturated heterocycles. The molecule has 110 valence electrons. The zero-order valence-electron chi connectivity index (χ0n) is 12.6. The second-order valence-corrected chi connectivity index (χ2v) is 5.46. The number of hydrogen-bond acceptors (Lipinski definition) is 2. The quantitative estimate of drug-likeness (QED) is 0.560. The fraction of sp³-hybridized carbons (Fsp3) is 0.105. The number of rotatable bonds is 2. The fourth-order valence-electron chi connectivity index (χ4n) is 2.53. The van der Waals surface area contributed by atoms with Gasteiger partial charge in [-0.1, -0.05) is 17.7 Å². The third kappa shape index (κ3) is 2.66. The van der Waals surface area contributed by atoms with E-state index >= 15 is 0 Å². The van der Waals surface area contributed by atoms with E-state index in [1.807, 2.05) is 19.2 Å². The molecule has 0 saturated carbocycles. The van der Waals surface area contributed by atoms with Gasteiger partial charge >= 0.3 is 0 Å². The van der Waals surface area contributed by atoms with Gasteiger partial charge in [0.15, 0.2) is 11.5 Å². The lowest BCUT2D eigenvalue weighted by molar-refractivity contribution is -0.646. The lowest BCUT2D eigenvalue weighted by atomic mass is 10.1. The summed E-state index contributed by atoms with van der Waals surface area (Å²) >= 11 is 0. The van der Waals surface area contributed by atoms with E-state index in [0.717, 1.165) is 11.3 Å². The Kier molecular flexibility index (Phi) is 3.55. The van der Waals surface area contributed by atoms with E-state index in [1.165, 1.54) is 28.6 Å². The number of benzene rings is 2. The molecule has 3 heteroatoms. The molecular weight excluding hydrogens is 274 g/mol. The Hall–Kier alpha value is -2.81. The smallest absolute Gasteiger partial charge is 0.212 e. The maximum Gasteiger partial charge on any atom is 0.212 e. The summed E-state index contributed by atoms with van der Waals surface area (Å²) in [6, 6.07) is 15.3. The maximum atomic E-state index is 9.53. The van der Waals surface area contributed by atoms with E-state index in [4.69, 9.17) is 0 Å². The number of phenols is 2. The molecule has 2 aromatic carbocycles. The molecule has 0 unspecified atom stereocenters. The van der Waals surface area contributed by atoms with E-state index in [0.29, 0.717) is 0 Å². The van der Waals surface area contributed by atoms with Gasteiger partial charge in [-0.2, -0.15) is 4.57 Å². The van der Waals surface area contributed by atoms with E-state index < -0.39 is 0 Å². The van der Waals surface area contributed by atoms with Crippen LogP contribution in [-0.2, 0) is 7.05 Å². The summed E-state index contributed by atoms with van der Waals surface area (Å²) in [4.78, 5) is 0. The Morgan fingerprint density at radius 1 is 0.864 bits per heavy atom. The zero-order chi connectivity index (χ0) is 15.7. The molecule has 22 heavy (non-hydrogen) atoms. The van der Waals surface area contributed by atoms with E-state index in [1.54, 1.807) is 6.07 Å². The average Bonchev–Trinajstić information content (AvgIpc) is 2.50. The van der Waals surface area contributed by atoms with Crippen LogP contribution >= 0.6 is 0 Å². The van der Waals surface area contributed by atoms with Gasteiger partial charge in [0.1, 0.15) is 7.05 Å². The molecule has 0 aliphatic rings. The first-order valence-corrected chi connectivity index (χ1v) is 7.14. The van der Waals surface area contributed by atoms with Gasteiger partial charge in [0, 0.05) is 23.6 Å². The van der Waals surface area contributed by atoms with Gasteiger partial charge in [-0.15, -0.1) is 0 Å². The first kappa shape index (κ1) is 14.1. The molecule has 0 aliphatic carbocycles. The van der Waals surface area contributed by atoms with Crippen LogP contribution in [0.15, 0.2) is 48.5 Å². The molecule has 0 spiro atoms. The van der Waals surface area contributed by atoms with Crippen LogP contribution in [0, 0.1) is 6.92 Å². The summed E-state index contributed by atoms with van der Waals surface area (Å²) in [6.07, 6.45) is 3.90. The minimum absolute atomic E-state index is 0.108. The summed E-state index contributed by atoms with van der Waals surface area (Å²) in [5.74, 6) is -0.218. The monoisotopic (exact) mass is 292 g/mol. The average molecular weight is 292 g/mol. The van der Waals surface area contributed by atoms with Crippen LogP contribution in [-0.4, -0.2) is 10.2 Å². The molecule has 2 N–H and O–H groups in total. The van der Waals surface area contributed by atoms with Crippen molar-refractivity contribution in [1.82, 2.24) is 0 Å². The van der Waals surface area contributed by atoms with Crippen molar-refractivity contribution < 1.29 is 14.8 Å². The maximum absolute atomic E-state index is 9.53. The standard InChI is InChI=1S/C19H17NO2/c1-13-3-9-17-15(11-13)6-8-16(20(17)2)7-4-14-5-10-18(21)19(22)12-14/h3-12,22H,1-2H3/p+1. The number of pyridine rings is 1. The van der Waals surface area contributed by atoms with Gasteiger partial charge < -0.3 is 10.2 Å². The van der Waals surface area contributed by atoms with Crippen LogP contribution in [0.1, 0.15) is 16.8 Å². The van der Waals surface area contributed by atoms with Crippen LogP contribution in [0.4, 0.5) is 0 Å². The molecule has 0 radical (unpaired) electrons. The van der Waals surface area contributed by atoms with Gasteiger partial charge in [-0.25, -0.2) is 0 Å². The summed E-state index contributed by atoms with van der Waals surface area (Å²) in [6.45, 7) is 2.09. The Balaban J connectivity index is 1.99. The number of aromatic nitrogens is 1. The van der Waals surface area contributed by atoms with Crippen molar-refractivity contribution in [3.8, 4) is 11.5 Å². The molecule has 1 heterocycles. The largest absolute Gasteiger partial charge is 0.504 e. The van der Waals surface area contributed by atoms with Crippen LogP contribution in [0.25, 0.3) is 23.1 Å². The number of fused-ring (bicyclic) bond motifs is 1. The molecule has 0 aliphatic heterocycles. The Morgan fingerprint density at radius 2 is 1.68 bits per heavy atom. The van der Waals surface area contributed by atoms with Gasteiger partial charge in [-0.05, 0) is 42.8 Å². The molecule has 3 aromatic rings. The van der Waals surface area contributed by atoms with Crippen LogP contribution < -0.4 is 4.57 Å². The third-order valence-corrected chi connectivity index (χ3v) is 3.81. The topological polar surface area (TPSA) is 44.3 Å². The zero-order valence-corrected chi connectivity index (χ0v) is 12.6. The first-order valence-electron chi connectivity index (χ1n) is 7.14. The molecule has 0 atom stereocenters. The molecule has 3 nitrogen and oxygen atoms in total. The predicted octanol–water partition coefficient (Wildman–Crippen LogP) is 3.55. The minimum Gasteiger partial charge on any atom is -0.504 e. The van der Waals surface area contributed by atoms with Gasteiger partial charge in [-0.3, -0.25) is 0 Å². The lowest BCUT2D eigenvalue weighted by Gasteiger charge is -2.02. The number of phenolic OH excluding ortho intramolecular Hbond substituents is 2. The second kappa shape index (κ2) is 5.53. The molecule has 0 amide bonds. The Bertz CT molecular complexity index is 882. The van der Waals surface area contributed by atoms with Crippen molar-refractivity contribution in [2.24, 2.45) is 7.05 Å². The summed E-state index contributed by atoms with van der Waals surface area (Å²) < 4.78 is 2.13. The van der Waals surface area contributed by atoms with Gasteiger partial charge in [0.05, 0.1) is 0 Å². The number of nitrogens with zero attached hydrogens (tertiary/aromatic N) is 1. The second-order valence-electron chi connectivity index (χ2n) is 5.46. The van der Waals surface area contributed by atoms with E-state index in [2.05, 4.69) is 41.8 Å². The van der Waals surface area contributed by atoms with Crippen LogP contribution in [0.5, 0.6) is 11.5 Å². The summed E-state index contributed by atoms with van der Waals surface area (Å²) in [5, 5.41) is 20.1. The predicted molar refractivity (Wildman–Crippen MR) is 88.6 cm³/mol. The highest BCUT2D eigenvalue weighted by Gasteiger charge is 2.09. The SMILES string of the molecule is Cc1ccc2c(ccc(/C=C/c3ccc(O)c(O)c3)[n+]2C)c1. The van der Waals surface area contributed by atoms with Crippen molar-refractivity contribution in [2.45, 2.75) is 6.92 Å². The van der Waals surface area contributed by atoms with E-state index in [9.17, 15) is 10.2 Å². The Morgan fingerprint density at radius 3 is 2.45 bits per heavy atom. The minimum atomic E-state index is -0.111. The molecule has 0 bridgehead atoms. The molecule has 3 rings (SSSR count). The molecule has 1 aromatic heterocycles. The first-order chi connectivity index (χ1) is 10.5. The lowest BCUT2D eigenvalue weighted by Crippen LogP contribution is -2.32. The number of aryl methyl sites for hydroxylation is 2.